The molecule has 4 heteroatoms. The number of likely N-dealkylation sites (N-methyl/N-ethyl adjacent to an activating group) is 1. The Kier molecular flexibility index (Phi) is 4.97. The number of aromatic carboxylic acids is 1. The van der Waals surface area contributed by atoms with Gasteiger partial charge in [0, 0.05) is 25.9 Å². The minimum atomic E-state index is -0.881. The van der Waals surface area contributed by atoms with E-state index < -0.39 is 5.97 Å². The van der Waals surface area contributed by atoms with Crippen LogP contribution in [0, 0.1) is 6.92 Å². The van der Waals surface area contributed by atoms with Crippen molar-refractivity contribution in [1.82, 2.24) is 0 Å². The average Bonchev–Trinajstić information content (AvgIpc) is 2.29. The van der Waals surface area contributed by atoms with E-state index in [0.29, 0.717) is 12.2 Å². The quantitative estimate of drug-likeness (QED) is 0.823. The lowest BCUT2D eigenvalue weighted by Gasteiger charge is -2.23. The number of methoxy groups -OCH3 is 1. The van der Waals surface area contributed by atoms with E-state index in [9.17, 15) is 4.79 Å². The maximum absolute atomic E-state index is 10.9. The van der Waals surface area contributed by atoms with Gasteiger partial charge in [0.25, 0.3) is 0 Å². The summed E-state index contributed by atoms with van der Waals surface area (Å²) >= 11 is 0. The lowest BCUT2D eigenvalue weighted by molar-refractivity contribution is 0.0696. The van der Waals surface area contributed by atoms with Crippen LogP contribution in [0.1, 0.15) is 22.8 Å². The number of carboxylic acids is 1. The highest BCUT2D eigenvalue weighted by Gasteiger charge is 2.10. The molecule has 0 aliphatic rings. The molecule has 17 heavy (non-hydrogen) atoms. The molecule has 94 valence electrons. The van der Waals surface area contributed by atoms with Gasteiger partial charge in [-0.15, -0.1) is 0 Å². The minimum absolute atomic E-state index is 0.358. The zero-order valence-corrected chi connectivity index (χ0v) is 10.6. The summed E-state index contributed by atoms with van der Waals surface area (Å²) in [5.41, 5.74) is 2.18. The van der Waals surface area contributed by atoms with Gasteiger partial charge in [0.05, 0.1) is 12.2 Å². The summed E-state index contributed by atoms with van der Waals surface area (Å²) in [6.45, 7) is 6.22. The molecule has 0 aliphatic heterocycles. The van der Waals surface area contributed by atoms with E-state index in [1.165, 1.54) is 0 Å². The molecule has 0 saturated carbocycles. The van der Waals surface area contributed by atoms with Crippen LogP contribution in [0.2, 0.25) is 0 Å². The first kappa shape index (κ1) is 13.5. The van der Waals surface area contributed by atoms with Crippen molar-refractivity contribution in [3.05, 3.63) is 29.3 Å². The van der Waals surface area contributed by atoms with Crippen LogP contribution in [0.4, 0.5) is 5.69 Å². The van der Waals surface area contributed by atoms with E-state index in [1.54, 1.807) is 13.2 Å². The third-order valence-electron chi connectivity index (χ3n) is 2.75. The molecular formula is C13H19NO3. The second-order valence-corrected chi connectivity index (χ2v) is 3.88. The van der Waals surface area contributed by atoms with Crippen LogP contribution in [0.25, 0.3) is 0 Å². The smallest absolute Gasteiger partial charge is 0.335 e. The number of carboxylic acid groups (broad SMARTS) is 1. The molecule has 1 aromatic carbocycles. The fraction of sp³-hybridized carbons (Fsp3) is 0.462. The Morgan fingerprint density at radius 2 is 2.18 bits per heavy atom. The van der Waals surface area contributed by atoms with Gasteiger partial charge >= 0.3 is 5.97 Å². The Hall–Kier alpha value is -1.55. The highest BCUT2D eigenvalue weighted by Crippen LogP contribution is 2.19. The van der Waals surface area contributed by atoms with Crippen LogP contribution in [0.5, 0.6) is 0 Å². The molecule has 4 nitrogen and oxygen atoms in total. The first-order chi connectivity index (χ1) is 8.10. The van der Waals surface area contributed by atoms with Crippen LogP contribution in [-0.2, 0) is 4.74 Å². The molecule has 0 aliphatic carbocycles. The summed E-state index contributed by atoms with van der Waals surface area (Å²) in [5.74, 6) is -0.881. The van der Waals surface area contributed by atoms with Crippen molar-refractivity contribution < 1.29 is 14.6 Å². The molecule has 0 saturated heterocycles. The van der Waals surface area contributed by atoms with E-state index in [4.69, 9.17) is 9.84 Å². The van der Waals surface area contributed by atoms with Crippen LogP contribution >= 0.6 is 0 Å². The Morgan fingerprint density at radius 1 is 1.47 bits per heavy atom. The fourth-order valence-corrected chi connectivity index (χ4v) is 1.76. The normalized spacial score (nSPS) is 10.3. The van der Waals surface area contributed by atoms with Gasteiger partial charge in [-0.1, -0.05) is 0 Å². The number of rotatable bonds is 6. The predicted octanol–water partition coefficient (Wildman–Crippen LogP) is 2.17. The molecule has 0 fully saturated rings. The molecule has 0 spiro atoms. The number of anilines is 1. The van der Waals surface area contributed by atoms with Crippen molar-refractivity contribution in [2.75, 3.05) is 31.7 Å². The van der Waals surface area contributed by atoms with Crippen molar-refractivity contribution in [3.8, 4) is 0 Å². The molecule has 1 aromatic rings. The van der Waals surface area contributed by atoms with Crippen molar-refractivity contribution in [2.45, 2.75) is 13.8 Å². The highest BCUT2D eigenvalue weighted by molar-refractivity contribution is 5.89. The van der Waals surface area contributed by atoms with Gasteiger partial charge in [-0.25, -0.2) is 4.79 Å². The third kappa shape index (κ3) is 3.46. The molecule has 0 atom stereocenters. The first-order valence-electron chi connectivity index (χ1n) is 5.68. The number of benzene rings is 1. The first-order valence-corrected chi connectivity index (χ1v) is 5.68. The van der Waals surface area contributed by atoms with Crippen molar-refractivity contribution in [2.24, 2.45) is 0 Å². The van der Waals surface area contributed by atoms with Gasteiger partial charge in [-0.05, 0) is 37.6 Å². The predicted molar refractivity (Wildman–Crippen MR) is 67.9 cm³/mol. The third-order valence-corrected chi connectivity index (χ3v) is 2.75. The van der Waals surface area contributed by atoms with E-state index in [2.05, 4.69) is 11.8 Å². The van der Waals surface area contributed by atoms with Gasteiger partial charge < -0.3 is 14.7 Å². The summed E-state index contributed by atoms with van der Waals surface area (Å²) < 4.78 is 5.05. The van der Waals surface area contributed by atoms with Crippen LogP contribution in [0.3, 0.4) is 0 Å². The van der Waals surface area contributed by atoms with E-state index in [1.807, 2.05) is 19.1 Å². The van der Waals surface area contributed by atoms with Crippen molar-refractivity contribution >= 4 is 11.7 Å². The Labute approximate surface area is 102 Å². The number of ether oxygens (including phenoxy) is 1. The van der Waals surface area contributed by atoms with E-state index >= 15 is 0 Å². The zero-order valence-electron chi connectivity index (χ0n) is 10.6. The fourth-order valence-electron chi connectivity index (χ4n) is 1.76. The maximum Gasteiger partial charge on any atom is 0.335 e. The van der Waals surface area contributed by atoms with Gasteiger partial charge in [0.15, 0.2) is 0 Å². The standard InChI is InChI=1S/C13H19NO3/c1-4-14(7-8-17-3)11-5-6-12(13(15)16)10(2)9-11/h5-6,9H,4,7-8H2,1-3H3,(H,15,16). The summed E-state index contributed by atoms with van der Waals surface area (Å²) in [7, 11) is 1.67. The molecule has 0 unspecified atom stereocenters. The van der Waals surface area contributed by atoms with Gasteiger partial charge in [0.2, 0.25) is 0 Å². The number of hydrogen-bond acceptors (Lipinski definition) is 3. The van der Waals surface area contributed by atoms with Gasteiger partial charge in [0.1, 0.15) is 0 Å². The topological polar surface area (TPSA) is 49.8 Å². The average molecular weight is 237 g/mol. The summed E-state index contributed by atoms with van der Waals surface area (Å²) in [5, 5.41) is 8.96. The lowest BCUT2D eigenvalue weighted by atomic mass is 10.1. The summed E-state index contributed by atoms with van der Waals surface area (Å²) in [4.78, 5) is 13.1. The molecule has 0 amide bonds. The summed E-state index contributed by atoms with van der Waals surface area (Å²) in [6, 6.07) is 5.40. The monoisotopic (exact) mass is 237 g/mol. The van der Waals surface area contributed by atoms with Crippen molar-refractivity contribution in [3.63, 3.8) is 0 Å². The number of hydrogen-bond donors (Lipinski definition) is 1. The molecule has 1 rings (SSSR count). The molecule has 0 radical (unpaired) electrons. The Morgan fingerprint density at radius 3 is 2.65 bits per heavy atom. The number of nitrogens with zero attached hydrogens (tertiary/aromatic N) is 1. The Bertz CT molecular complexity index is 390. The maximum atomic E-state index is 10.9. The largest absolute Gasteiger partial charge is 0.478 e. The Balaban J connectivity index is 2.90. The second-order valence-electron chi connectivity index (χ2n) is 3.88. The van der Waals surface area contributed by atoms with Crippen LogP contribution < -0.4 is 4.90 Å². The van der Waals surface area contributed by atoms with Crippen LogP contribution in [0.15, 0.2) is 18.2 Å². The van der Waals surface area contributed by atoms with E-state index in [-0.39, 0.29) is 0 Å². The molecule has 1 N–H and O–H groups in total. The van der Waals surface area contributed by atoms with Crippen molar-refractivity contribution in [1.29, 1.82) is 0 Å². The van der Waals surface area contributed by atoms with Gasteiger partial charge in [-0.2, -0.15) is 0 Å². The molecular weight excluding hydrogens is 218 g/mol. The molecule has 0 heterocycles. The SMILES string of the molecule is CCN(CCOC)c1ccc(C(=O)O)c(C)c1. The number of carbonyl (C=O) groups is 1. The minimum Gasteiger partial charge on any atom is -0.478 e. The molecule has 0 aromatic heterocycles. The van der Waals surface area contributed by atoms with E-state index in [0.717, 1.165) is 24.3 Å². The highest BCUT2D eigenvalue weighted by atomic mass is 16.5. The van der Waals surface area contributed by atoms with Crippen LogP contribution in [-0.4, -0.2) is 37.9 Å². The second kappa shape index (κ2) is 6.25. The number of aryl methyl sites for hydroxylation is 1. The lowest BCUT2D eigenvalue weighted by Crippen LogP contribution is -2.26. The zero-order chi connectivity index (χ0) is 12.8. The molecule has 0 bridgehead atoms. The van der Waals surface area contributed by atoms with Gasteiger partial charge in [-0.3, -0.25) is 0 Å². The summed E-state index contributed by atoms with van der Waals surface area (Å²) in [6.07, 6.45) is 0.